The lowest BCUT2D eigenvalue weighted by Gasteiger charge is -2.29. The van der Waals surface area contributed by atoms with E-state index in [1.165, 1.54) is 6.07 Å². The molecule has 0 saturated heterocycles. The van der Waals surface area contributed by atoms with Crippen molar-refractivity contribution in [2.24, 2.45) is 0 Å². The molecule has 0 spiro atoms. The Balaban J connectivity index is 1.73. The van der Waals surface area contributed by atoms with Crippen LogP contribution >= 0.6 is 22.9 Å². The normalized spacial score (nSPS) is 12.6. The summed E-state index contributed by atoms with van der Waals surface area (Å²) in [7, 11) is 0. The fourth-order valence-corrected chi connectivity index (χ4v) is 5.81. The first-order chi connectivity index (χ1) is 18.5. The van der Waals surface area contributed by atoms with Crippen molar-refractivity contribution in [2.45, 2.75) is 46.3 Å². The average molecular weight is 558 g/mol. The van der Waals surface area contributed by atoms with Gasteiger partial charge in [-0.05, 0) is 82.1 Å². The Morgan fingerprint density at radius 1 is 1.03 bits per heavy atom. The van der Waals surface area contributed by atoms with Crippen LogP contribution in [0.5, 0.6) is 0 Å². The molecule has 0 bridgehead atoms. The van der Waals surface area contributed by atoms with E-state index in [1.54, 1.807) is 36.7 Å². The molecule has 0 radical (unpaired) electrons. The number of hydrogen-bond acceptors (Lipinski definition) is 6. The van der Waals surface area contributed by atoms with Gasteiger partial charge in [0.05, 0.1) is 21.5 Å². The van der Waals surface area contributed by atoms with Gasteiger partial charge in [0.1, 0.15) is 11.1 Å². The van der Waals surface area contributed by atoms with Gasteiger partial charge >= 0.3 is 0 Å². The first-order valence-corrected chi connectivity index (χ1v) is 13.7. The summed E-state index contributed by atoms with van der Waals surface area (Å²) in [6.45, 7) is 9.42. The third kappa shape index (κ3) is 5.71. The molecule has 3 aromatic heterocycles. The van der Waals surface area contributed by atoms with Crippen LogP contribution in [-0.2, 0) is 9.53 Å². The molecular weight excluding hydrogens is 530 g/mol. The summed E-state index contributed by atoms with van der Waals surface area (Å²) in [5.74, 6) is -0.0630. The Labute approximate surface area is 235 Å². The lowest BCUT2D eigenvalue weighted by atomic mass is 9.90. The highest BCUT2D eigenvalue weighted by Gasteiger charge is 2.30. The van der Waals surface area contributed by atoms with Crippen LogP contribution in [0.4, 0.5) is 0 Å². The molecule has 8 heteroatoms. The number of ether oxygens (including phenoxy) is 1. The summed E-state index contributed by atoms with van der Waals surface area (Å²) < 4.78 is 7.30. The number of nitrogens with one attached hydrogen (secondary N) is 1. The molecular formula is C31H28ClN3O3S. The Morgan fingerprint density at radius 2 is 1.74 bits per heavy atom. The predicted octanol–water partition coefficient (Wildman–Crippen LogP) is 7.79. The number of rotatable bonds is 6. The van der Waals surface area contributed by atoms with Gasteiger partial charge in [-0.3, -0.25) is 14.6 Å². The van der Waals surface area contributed by atoms with E-state index in [1.807, 2.05) is 70.2 Å². The van der Waals surface area contributed by atoms with Crippen LogP contribution in [0.3, 0.4) is 0 Å². The standard InChI is InChI=1S/C31H28ClN3O3S/c1-17-14-24-29(39-30(35-24)20-12-13-33-23(15-20)21-8-11-25(37)34-16-21)27(19-6-9-22(32)10-7-19)26(17)28(18(2)36)38-31(3,4)5/h6-16,28H,1-5H3,(H,34,37)/t28-/m1/s1. The number of carbonyl (C=O) groups is 1. The summed E-state index contributed by atoms with van der Waals surface area (Å²) in [5, 5.41) is 1.45. The van der Waals surface area contributed by atoms with Crippen molar-refractivity contribution in [1.82, 2.24) is 15.0 Å². The zero-order valence-electron chi connectivity index (χ0n) is 22.3. The van der Waals surface area contributed by atoms with E-state index in [0.717, 1.165) is 54.3 Å². The Kier molecular flexibility index (Phi) is 7.25. The van der Waals surface area contributed by atoms with Crippen molar-refractivity contribution in [3.05, 3.63) is 93.5 Å². The number of Topliss-reactive ketones (excluding diaryl/α,β-unsaturated/α-hetero) is 1. The maximum atomic E-state index is 13.0. The van der Waals surface area contributed by atoms with E-state index in [4.69, 9.17) is 21.3 Å². The van der Waals surface area contributed by atoms with Gasteiger partial charge in [-0.25, -0.2) is 4.98 Å². The smallest absolute Gasteiger partial charge is 0.247 e. The molecule has 0 aliphatic carbocycles. The summed E-state index contributed by atoms with van der Waals surface area (Å²) in [5.41, 5.74) is 6.21. The van der Waals surface area contributed by atoms with Gasteiger partial charge in [-0.15, -0.1) is 11.3 Å². The minimum atomic E-state index is -0.738. The second-order valence-electron chi connectivity index (χ2n) is 10.4. The highest BCUT2D eigenvalue weighted by atomic mass is 35.5. The Morgan fingerprint density at radius 3 is 2.38 bits per heavy atom. The van der Waals surface area contributed by atoms with E-state index in [-0.39, 0.29) is 11.3 Å². The summed E-state index contributed by atoms with van der Waals surface area (Å²) in [6.07, 6.45) is 2.65. The number of H-pyrrole nitrogens is 1. The molecule has 0 unspecified atom stereocenters. The number of ketones is 1. The fourth-order valence-electron chi connectivity index (χ4n) is 4.57. The van der Waals surface area contributed by atoms with E-state index in [2.05, 4.69) is 9.97 Å². The summed E-state index contributed by atoms with van der Waals surface area (Å²) in [4.78, 5) is 36.7. The molecule has 0 saturated carbocycles. The number of nitrogens with zero attached hydrogens (tertiary/aromatic N) is 2. The number of fused-ring (bicyclic) bond motifs is 1. The second kappa shape index (κ2) is 10.5. The van der Waals surface area contributed by atoms with Gasteiger partial charge in [-0.2, -0.15) is 0 Å². The number of benzene rings is 2. The molecule has 5 rings (SSSR count). The molecule has 5 aromatic rings. The lowest BCUT2D eigenvalue weighted by Crippen LogP contribution is -2.27. The van der Waals surface area contributed by atoms with Crippen LogP contribution in [0.1, 0.15) is 44.9 Å². The van der Waals surface area contributed by atoms with Crippen LogP contribution in [0.25, 0.3) is 43.2 Å². The van der Waals surface area contributed by atoms with E-state index in [9.17, 15) is 9.59 Å². The van der Waals surface area contributed by atoms with Gasteiger partial charge < -0.3 is 9.72 Å². The number of halogens is 1. The van der Waals surface area contributed by atoms with Gasteiger partial charge in [0.2, 0.25) is 5.56 Å². The molecule has 2 aromatic carbocycles. The number of aromatic nitrogens is 3. The Hall–Kier alpha value is -3.65. The zero-order valence-corrected chi connectivity index (χ0v) is 23.9. The number of carbonyl (C=O) groups excluding carboxylic acids is 1. The monoisotopic (exact) mass is 557 g/mol. The molecule has 39 heavy (non-hydrogen) atoms. The third-order valence-corrected chi connectivity index (χ3v) is 7.64. The number of aromatic amines is 1. The molecule has 3 heterocycles. The fraction of sp³-hybridized carbons (Fsp3) is 0.226. The minimum Gasteiger partial charge on any atom is -0.360 e. The van der Waals surface area contributed by atoms with Crippen molar-refractivity contribution in [3.63, 3.8) is 0 Å². The van der Waals surface area contributed by atoms with Crippen molar-refractivity contribution >= 4 is 38.9 Å². The van der Waals surface area contributed by atoms with Crippen LogP contribution in [0, 0.1) is 6.92 Å². The third-order valence-electron chi connectivity index (χ3n) is 6.25. The molecule has 0 amide bonds. The summed E-state index contributed by atoms with van der Waals surface area (Å²) in [6, 6.07) is 16.8. The van der Waals surface area contributed by atoms with Crippen molar-refractivity contribution in [2.75, 3.05) is 0 Å². The first-order valence-electron chi connectivity index (χ1n) is 12.5. The van der Waals surface area contributed by atoms with Crippen LogP contribution in [0.2, 0.25) is 5.02 Å². The molecule has 0 aliphatic rings. The molecule has 6 nitrogen and oxygen atoms in total. The van der Waals surface area contributed by atoms with E-state index in [0.29, 0.717) is 5.02 Å². The van der Waals surface area contributed by atoms with Crippen LogP contribution in [0.15, 0.2) is 71.8 Å². The molecule has 1 N–H and O–H groups in total. The van der Waals surface area contributed by atoms with Gasteiger partial charge in [0.25, 0.3) is 0 Å². The maximum absolute atomic E-state index is 13.0. The van der Waals surface area contributed by atoms with Gasteiger partial charge in [0, 0.05) is 45.7 Å². The average Bonchev–Trinajstić information content (AvgIpc) is 3.31. The van der Waals surface area contributed by atoms with Gasteiger partial charge in [0.15, 0.2) is 5.78 Å². The van der Waals surface area contributed by atoms with E-state index >= 15 is 0 Å². The zero-order chi connectivity index (χ0) is 27.9. The molecule has 198 valence electrons. The highest BCUT2D eigenvalue weighted by molar-refractivity contribution is 7.22. The van der Waals surface area contributed by atoms with Crippen molar-refractivity contribution in [1.29, 1.82) is 0 Å². The summed E-state index contributed by atoms with van der Waals surface area (Å²) >= 11 is 7.79. The number of thiazole rings is 1. The van der Waals surface area contributed by atoms with Gasteiger partial charge in [-0.1, -0.05) is 23.7 Å². The molecule has 0 aliphatic heterocycles. The number of hydrogen-bond donors (Lipinski definition) is 1. The second-order valence-corrected chi connectivity index (χ2v) is 11.9. The molecule has 0 fully saturated rings. The predicted molar refractivity (Wildman–Crippen MR) is 158 cm³/mol. The first kappa shape index (κ1) is 26.9. The number of aryl methyl sites for hydroxylation is 1. The SMILES string of the molecule is CC(=O)[C@@H](OC(C)(C)C)c1c(C)cc2nc(-c3ccnc(-c4ccc(=O)[nH]c4)c3)sc2c1-c1ccc(Cl)cc1. The Bertz CT molecular complexity index is 1730. The maximum Gasteiger partial charge on any atom is 0.247 e. The van der Waals surface area contributed by atoms with Crippen LogP contribution in [-0.4, -0.2) is 26.3 Å². The van der Waals surface area contributed by atoms with Crippen molar-refractivity contribution < 1.29 is 9.53 Å². The minimum absolute atomic E-state index is 0.0630. The molecule has 1 atom stereocenters. The highest BCUT2D eigenvalue weighted by Crippen LogP contribution is 2.44. The van der Waals surface area contributed by atoms with Crippen molar-refractivity contribution in [3.8, 4) is 33.0 Å². The lowest BCUT2D eigenvalue weighted by molar-refractivity contribution is -0.138. The largest absolute Gasteiger partial charge is 0.360 e. The quantitative estimate of drug-likeness (QED) is 0.230. The topological polar surface area (TPSA) is 84.9 Å². The van der Waals surface area contributed by atoms with E-state index < -0.39 is 11.7 Å². The van der Waals surface area contributed by atoms with Crippen LogP contribution < -0.4 is 5.56 Å². The number of pyridine rings is 2.